The van der Waals surface area contributed by atoms with Crippen molar-refractivity contribution in [2.75, 3.05) is 13.1 Å². The highest BCUT2D eigenvalue weighted by Crippen LogP contribution is 2.22. The standard InChI is InChI=1S/C22H23F2NO3/c23-19-7-5-16(12-20(19)24)6-8-21(26)25-10-9-18(14-25)11-15-1-3-17(4-2-15)13-22(27)28/h1-5,7,12,18H,6,8-11,13-14H2,(H,27,28). The molecule has 1 unspecified atom stereocenters. The SMILES string of the molecule is O=C(O)Cc1ccc(CC2CCN(C(=O)CCc3ccc(F)c(F)c3)C2)cc1. The van der Waals surface area contributed by atoms with Crippen LogP contribution in [-0.4, -0.2) is 35.0 Å². The predicted molar refractivity (Wildman–Crippen MR) is 101 cm³/mol. The average Bonchev–Trinajstić information content (AvgIpc) is 3.12. The zero-order valence-corrected chi connectivity index (χ0v) is 15.5. The summed E-state index contributed by atoms with van der Waals surface area (Å²) in [5.41, 5.74) is 2.52. The summed E-state index contributed by atoms with van der Waals surface area (Å²) in [6.07, 6.45) is 2.46. The van der Waals surface area contributed by atoms with Gasteiger partial charge in [-0.3, -0.25) is 9.59 Å². The summed E-state index contributed by atoms with van der Waals surface area (Å²) in [6, 6.07) is 11.3. The zero-order valence-electron chi connectivity index (χ0n) is 15.5. The number of aryl methyl sites for hydroxylation is 1. The second-order valence-electron chi connectivity index (χ2n) is 7.33. The number of aliphatic carboxylic acids is 1. The first-order valence-electron chi connectivity index (χ1n) is 9.42. The molecule has 3 rings (SSSR count). The van der Waals surface area contributed by atoms with Crippen molar-refractivity contribution in [3.05, 3.63) is 70.8 Å². The molecule has 148 valence electrons. The molecule has 2 aromatic carbocycles. The normalized spacial score (nSPS) is 16.4. The number of rotatable bonds is 7. The van der Waals surface area contributed by atoms with Crippen LogP contribution < -0.4 is 0 Å². The molecule has 1 aliphatic rings. The summed E-state index contributed by atoms with van der Waals surface area (Å²) in [4.78, 5) is 25.0. The van der Waals surface area contributed by atoms with Crippen LogP contribution in [-0.2, 0) is 28.9 Å². The van der Waals surface area contributed by atoms with Crippen LogP contribution in [0.2, 0.25) is 0 Å². The van der Waals surface area contributed by atoms with E-state index >= 15 is 0 Å². The van der Waals surface area contributed by atoms with Gasteiger partial charge in [0.1, 0.15) is 0 Å². The summed E-state index contributed by atoms with van der Waals surface area (Å²) < 4.78 is 26.2. The van der Waals surface area contributed by atoms with Gasteiger partial charge < -0.3 is 10.0 Å². The molecule has 6 heteroatoms. The number of amides is 1. The minimum Gasteiger partial charge on any atom is -0.481 e. The van der Waals surface area contributed by atoms with E-state index in [-0.39, 0.29) is 18.7 Å². The molecule has 1 heterocycles. The number of carbonyl (C=O) groups excluding carboxylic acids is 1. The molecule has 1 N–H and O–H groups in total. The van der Waals surface area contributed by atoms with Crippen molar-refractivity contribution >= 4 is 11.9 Å². The largest absolute Gasteiger partial charge is 0.481 e. The molecule has 4 nitrogen and oxygen atoms in total. The van der Waals surface area contributed by atoms with E-state index in [0.717, 1.165) is 36.1 Å². The molecule has 0 saturated carbocycles. The highest BCUT2D eigenvalue weighted by molar-refractivity contribution is 5.76. The number of carbonyl (C=O) groups is 2. The molecule has 0 radical (unpaired) electrons. The Hall–Kier alpha value is -2.76. The van der Waals surface area contributed by atoms with Gasteiger partial charge in [-0.1, -0.05) is 30.3 Å². The Balaban J connectivity index is 1.47. The van der Waals surface area contributed by atoms with Crippen LogP contribution in [0.5, 0.6) is 0 Å². The first-order valence-corrected chi connectivity index (χ1v) is 9.42. The summed E-state index contributed by atoms with van der Waals surface area (Å²) in [5.74, 6) is -2.21. The van der Waals surface area contributed by atoms with E-state index in [0.29, 0.717) is 31.0 Å². The monoisotopic (exact) mass is 387 g/mol. The van der Waals surface area contributed by atoms with Crippen molar-refractivity contribution in [1.29, 1.82) is 0 Å². The number of carboxylic acid groups (broad SMARTS) is 1. The summed E-state index contributed by atoms with van der Waals surface area (Å²) in [6.45, 7) is 1.39. The second-order valence-corrected chi connectivity index (χ2v) is 7.33. The molecule has 1 fully saturated rings. The van der Waals surface area contributed by atoms with Crippen molar-refractivity contribution in [2.24, 2.45) is 5.92 Å². The van der Waals surface area contributed by atoms with Crippen molar-refractivity contribution < 1.29 is 23.5 Å². The van der Waals surface area contributed by atoms with Crippen LogP contribution in [0.3, 0.4) is 0 Å². The number of hydrogen-bond acceptors (Lipinski definition) is 2. The third kappa shape index (κ3) is 5.38. The first-order chi connectivity index (χ1) is 13.4. The molecule has 0 spiro atoms. The molecular formula is C22H23F2NO3. The van der Waals surface area contributed by atoms with Crippen LogP contribution in [0.4, 0.5) is 8.78 Å². The van der Waals surface area contributed by atoms with E-state index < -0.39 is 17.6 Å². The van der Waals surface area contributed by atoms with Crippen LogP contribution in [0.1, 0.15) is 29.5 Å². The zero-order chi connectivity index (χ0) is 20.1. The Labute approximate surface area is 162 Å². The van der Waals surface area contributed by atoms with Crippen molar-refractivity contribution in [1.82, 2.24) is 4.90 Å². The lowest BCUT2D eigenvalue weighted by molar-refractivity contribution is -0.136. The lowest BCUT2D eigenvalue weighted by atomic mass is 9.97. The summed E-state index contributed by atoms with van der Waals surface area (Å²) in [7, 11) is 0. The van der Waals surface area contributed by atoms with Gasteiger partial charge in [-0.05, 0) is 54.0 Å². The Kier molecular flexibility index (Phi) is 6.39. The highest BCUT2D eigenvalue weighted by atomic mass is 19.2. The van der Waals surface area contributed by atoms with Crippen molar-refractivity contribution in [2.45, 2.75) is 32.1 Å². The maximum Gasteiger partial charge on any atom is 0.307 e. The topological polar surface area (TPSA) is 57.6 Å². The molecule has 28 heavy (non-hydrogen) atoms. The molecule has 0 bridgehead atoms. The van der Waals surface area contributed by atoms with E-state index in [1.807, 2.05) is 29.2 Å². The lowest BCUT2D eigenvalue weighted by Gasteiger charge is -2.17. The molecule has 0 aromatic heterocycles. The smallest absolute Gasteiger partial charge is 0.307 e. The van der Waals surface area contributed by atoms with Gasteiger partial charge in [-0.2, -0.15) is 0 Å². The molecule has 1 atom stereocenters. The van der Waals surface area contributed by atoms with E-state index in [4.69, 9.17) is 5.11 Å². The van der Waals surface area contributed by atoms with Gasteiger partial charge in [0, 0.05) is 19.5 Å². The molecule has 0 aliphatic carbocycles. The summed E-state index contributed by atoms with van der Waals surface area (Å²) >= 11 is 0. The molecule has 2 aromatic rings. The maximum atomic E-state index is 13.3. The Bertz CT molecular complexity index is 851. The first kappa shape index (κ1) is 20.0. The Morgan fingerprint density at radius 2 is 1.68 bits per heavy atom. The van der Waals surface area contributed by atoms with Crippen LogP contribution >= 0.6 is 0 Å². The van der Waals surface area contributed by atoms with E-state index in [2.05, 4.69) is 0 Å². The number of likely N-dealkylation sites (tertiary alicyclic amines) is 1. The summed E-state index contributed by atoms with van der Waals surface area (Å²) in [5, 5.41) is 8.82. The van der Waals surface area contributed by atoms with Crippen LogP contribution in [0, 0.1) is 17.6 Å². The van der Waals surface area contributed by atoms with Gasteiger partial charge in [-0.25, -0.2) is 8.78 Å². The Morgan fingerprint density at radius 1 is 1.00 bits per heavy atom. The fourth-order valence-corrected chi connectivity index (χ4v) is 3.63. The minimum absolute atomic E-state index is 0.0178. The fourth-order valence-electron chi connectivity index (χ4n) is 3.63. The van der Waals surface area contributed by atoms with Gasteiger partial charge in [0.25, 0.3) is 0 Å². The van der Waals surface area contributed by atoms with Gasteiger partial charge in [0.2, 0.25) is 5.91 Å². The average molecular weight is 387 g/mol. The number of halogens is 2. The third-order valence-electron chi connectivity index (χ3n) is 5.15. The fraction of sp³-hybridized carbons (Fsp3) is 0.364. The number of carboxylic acids is 1. The quantitative estimate of drug-likeness (QED) is 0.790. The number of nitrogens with zero attached hydrogens (tertiary/aromatic N) is 1. The lowest BCUT2D eigenvalue weighted by Crippen LogP contribution is -2.29. The van der Waals surface area contributed by atoms with Gasteiger partial charge in [0.05, 0.1) is 6.42 Å². The maximum absolute atomic E-state index is 13.3. The minimum atomic E-state index is -0.888. The van der Waals surface area contributed by atoms with Gasteiger partial charge >= 0.3 is 5.97 Å². The molecule has 1 saturated heterocycles. The molecule has 1 aliphatic heterocycles. The van der Waals surface area contributed by atoms with Crippen molar-refractivity contribution in [3.63, 3.8) is 0 Å². The van der Waals surface area contributed by atoms with Crippen molar-refractivity contribution in [3.8, 4) is 0 Å². The molecular weight excluding hydrogens is 364 g/mol. The second kappa shape index (κ2) is 8.95. The van der Waals surface area contributed by atoms with E-state index in [1.165, 1.54) is 6.07 Å². The van der Waals surface area contributed by atoms with E-state index in [1.54, 1.807) is 0 Å². The van der Waals surface area contributed by atoms with Crippen LogP contribution in [0.25, 0.3) is 0 Å². The predicted octanol–water partition coefficient (Wildman–Crippen LogP) is 3.62. The number of benzene rings is 2. The Morgan fingerprint density at radius 3 is 2.36 bits per heavy atom. The van der Waals surface area contributed by atoms with Gasteiger partial charge in [-0.15, -0.1) is 0 Å². The molecule has 1 amide bonds. The van der Waals surface area contributed by atoms with Gasteiger partial charge in [0.15, 0.2) is 11.6 Å². The van der Waals surface area contributed by atoms with Crippen LogP contribution in [0.15, 0.2) is 42.5 Å². The third-order valence-corrected chi connectivity index (χ3v) is 5.15. The van der Waals surface area contributed by atoms with E-state index in [9.17, 15) is 18.4 Å². The number of hydrogen-bond donors (Lipinski definition) is 1. The highest BCUT2D eigenvalue weighted by Gasteiger charge is 2.26.